The van der Waals surface area contributed by atoms with Crippen molar-refractivity contribution in [1.29, 1.82) is 0 Å². The summed E-state index contributed by atoms with van der Waals surface area (Å²) in [5.74, 6) is -1.03. The number of carbonyl (C=O) groups is 1. The Labute approximate surface area is 81.0 Å². The van der Waals surface area contributed by atoms with E-state index in [2.05, 4.69) is 5.10 Å². The summed E-state index contributed by atoms with van der Waals surface area (Å²) in [5, 5.41) is 12.7. The molecule has 1 aromatic rings. The van der Waals surface area contributed by atoms with Gasteiger partial charge in [-0.05, 0) is 19.4 Å². The van der Waals surface area contributed by atoms with E-state index in [1.165, 1.54) is 6.07 Å². The topological polar surface area (TPSA) is 72.2 Å². The van der Waals surface area contributed by atoms with Crippen LogP contribution in [-0.4, -0.2) is 20.9 Å². The zero-order valence-corrected chi connectivity index (χ0v) is 8.10. The van der Waals surface area contributed by atoms with Crippen molar-refractivity contribution in [2.75, 3.05) is 0 Å². The number of aromatic nitrogens is 2. The molecule has 0 saturated carbocycles. The smallest absolute Gasteiger partial charge is 0.328 e. The van der Waals surface area contributed by atoms with Gasteiger partial charge in [-0.1, -0.05) is 6.92 Å². The molecular weight excluding hydrogens is 184 g/mol. The van der Waals surface area contributed by atoms with E-state index in [0.717, 1.165) is 4.68 Å². The van der Waals surface area contributed by atoms with Crippen LogP contribution in [0, 0.1) is 6.92 Å². The third-order valence-electron chi connectivity index (χ3n) is 1.93. The second kappa shape index (κ2) is 4.04. The molecule has 1 atom stereocenters. The molecule has 1 N–H and O–H groups in total. The van der Waals surface area contributed by atoms with Crippen LogP contribution < -0.4 is 5.56 Å². The third kappa shape index (κ3) is 1.99. The van der Waals surface area contributed by atoms with Crippen LogP contribution in [0.15, 0.2) is 16.9 Å². The summed E-state index contributed by atoms with van der Waals surface area (Å²) >= 11 is 0. The average molecular weight is 196 g/mol. The number of rotatable bonds is 3. The largest absolute Gasteiger partial charge is 0.480 e. The number of hydrogen-bond donors (Lipinski definition) is 1. The van der Waals surface area contributed by atoms with Gasteiger partial charge in [-0.3, -0.25) is 4.79 Å². The fraction of sp³-hybridized carbons (Fsp3) is 0.444. The lowest BCUT2D eigenvalue weighted by molar-refractivity contribution is -0.141. The molecule has 1 aromatic heterocycles. The molecule has 1 rings (SSSR count). The zero-order valence-electron chi connectivity index (χ0n) is 8.10. The van der Waals surface area contributed by atoms with Crippen LogP contribution in [0.25, 0.3) is 0 Å². The van der Waals surface area contributed by atoms with Gasteiger partial charge in [0, 0.05) is 6.07 Å². The second-order valence-electron chi connectivity index (χ2n) is 3.02. The number of hydrogen-bond acceptors (Lipinski definition) is 3. The number of aliphatic carboxylic acids is 1. The lowest BCUT2D eigenvalue weighted by atomic mass is 10.2. The van der Waals surface area contributed by atoms with E-state index in [1.54, 1.807) is 19.9 Å². The van der Waals surface area contributed by atoms with Crippen molar-refractivity contribution in [3.05, 3.63) is 28.2 Å². The highest BCUT2D eigenvalue weighted by Gasteiger charge is 2.19. The Bertz CT molecular complexity index is 397. The van der Waals surface area contributed by atoms with E-state index in [-0.39, 0.29) is 5.56 Å². The first-order valence-electron chi connectivity index (χ1n) is 4.35. The van der Waals surface area contributed by atoms with Crippen molar-refractivity contribution in [3.63, 3.8) is 0 Å². The highest BCUT2D eigenvalue weighted by atomic mass is 16.4. The molecule has 76 valence electrons. The molecule has 0 bridgehead atoms. The molecule has 0 radical (unpaired) electrons. The van der Waals surface area contributed by atoms with Gasteiger partial charge < -0.3 is 5.11 Å². The van der Waals surface area contributed by atoms with E-state index >= 15 is 0 Å². The van der Waals surface area contributed by atoms with E-state index in [4.69, 9.17) is 5.11 Å². The van der Waals surface area contributed by atoms with E-state index in [9.17, 15) is 9.59 Å². The maximum absolute atomic E-state index is 11.3. The van der Waals surface area contributed by atoms with Crippen molar-refractivity contribution >= 4 is 5.97 Å². The lowest BCUT2D eigenvalue weighted by Gasteiger charge is -2.11. The minimum absolute atomic E-state index is 0.339. The quantitative estimate of drug-likeness (QED) is 0.767. The Balaban J connectivity index is 3.22. The third-order valence-corrected chi connectivity index (χ3v) is 1.93. The Morgan fingerprint density at radius 2 is 2.29 bits per heavy atom. The maximum Gasteiger partial charge on any atom is 0.328 e. The van der Waals surface area contributed by atoms with Crippen molar-refractivity contribution < 1.29 is 9.90 Å². The van der Waals surface area contributed by atoms with E-state index in [0.29, 0.717) is 12.1 Å². The molecule has 5 nitrogen and oxygen atoms in total. The van der Waals surface area contributed by atoms with E-state index < -0.39 is 12.0 Å². The van der Waals surface area contributed by atoms with Gasteiger partial charge in [-0.15, -0.1) is 0 Å². The first-order chi connectivity index (χ1) is 6.56. The monoisotopic (exact) mass is 196 g/mol. The second-order valence-corrected chi connectivity index (χ2v) is 3.02. The molecule has 0 aliphatic heterocycles. The van der Waals surface area contributed by atoms with Gasteiger partial charge in [0.25, 0.3) is 5.56 Å². The number of nitrogens with zero attached hydrogens (tertiary/aromatic N) is 2. The molecule has 1 unspecified atom stereocenters. The van der Waals surface area contributed by atoms with E-state index in [1.807, 2.05) is 0 Å². The number of carboxylic acid groups (broad SMARTS) is 1. The summed E-state index contributed by atoms with van der Waals surface area (Å²) < 4.78 is 1.01. The minimum atomic E-state index is -1.03. The Morgan fingerprint density at radius 1 is 1.64 bits per heavy atom. The van der Waals surface area contributed by atoms with Crippen LogP contribution in [0.5, 0.6) is 0 Å². The summed E-state index contributed by atoms with van der Waals surface area (Å²) in [6.45, 7) is 3.42. The van der Waals surface area contributed by atoms with Gasteiger partial charge in [-0.2, -0.15) is 5.10 Å². The van der Waals surface area contributed by atoms with Gasteiger partial charge in [0.05, 0.1) is 5.69 Å². The predicted octanol–water partition coefficient (Wildman–Crippen LogP) is 0.587. The standard InChI is InChI=1S/C9H12N2O3/c1-3-7(9(13)14)11-8(12)5-4-6(2)10-11/h4-5,7H,3H2,1-2H3,(H,13,14). The molecule has 0 saturated heterocycles. The summed E-state index contributed by atoms with van der Waals surface area (Å²) in [6, 6.07) is 2.02. The fourth-order valence-corrected chi connectivity index (χ4v) is 1.20. The Hall–Kier alpha value is -1.65. The first-order valence-corrected chi connectivity index (χ1v) is 4.35. The lowest BCUT2D eigenvalue weighted by Crippen LogP contribution is -2.31. The molecular formula is C9H12N2O3. The highest BCUT2D eigenvalue weighted by molar-refractivity contribution is 5.71. The molecule has 0 aliphatic rings. The molecule has 14 heavy (non-hydrogen) atoms. The SMILES string of the molecule is CCC(C(=O)O)n1nc(C)ccc1=O. The van der Waals surface area contributed by atoms with Crippen molar-refractivity contribution in [2.45, 2.75) is 26.3 Å². The fourth-order valence-electron chi connectivity index (χ4n) is 1.20. The molecule has 0 aliphatic carbocycles. The van der Waals surface area contributed by atoms with Gasteiger partial charge in [0.2, 0.25) is 0 Å². The molecule has 0 spiro atoms. The average Bonchev–Trinajstić information content (AvgIpc) is 2.11. The molecule has 1 heterocycles. The predicted molar refractivity (Wildman–Crippen MR) is 50.2 cm³/mol. The molecule has 0 fully saturated rings. The summed E-state index contributed by atoms with van der Waals surface area (Å²) in [4.78, 5) is 22.1. The summed E-state index contributed by atoms with van der Waals surface area (Å²) in [5.41, 5.74) is 0.245. The van der Waals surface area contributed by atoms with Crippen molar-refractivity contribution in [2.24, 2.45) is 0 Å². The highest BCUT2D eigenvalue weighted by Crippen LogP contribution is 2.06. The van der Waals surface area contributed by atoms with Crippen LogP contribution in [0.2, 0.25) is 0 Å². The van der Waals surface area contributed by atoms with Crippen LogP contribution in [-0.2, 0) is 4.79 Å². The van der Waals surface area contributed by atoms with Gasteiger partial charge in [-0.25, -0.2) is 9.48 Å². The normalized spacial score (nSPS) is 12.4. The summed E-state index contributed by atoms with van der Waals surface area (Å²) in [6.07, 6.45) is 0.339. The molecule has 0 aromatic carbocycles. The molecule has 5 heteroatoms. The Morgan fingerprint density at radius 3 is 2.79 bits per heavy atom. The van der Waals surface area contributed by atoms with Gasteiger partial charge in [0.15, 0.2) is 6.04 Å². The number of carboxylic acids is 1. The maximum atomic E-state index is 11.3. The summed E-state index contributed by atoms with van der Waals surface area (Å²) in [7, 11) is 0. The minimum Gasteiger partial charge on any atom is -0.480 e. The van der Waals surface area contributed by atoms with Gasteiger partial charge in [0.1, 0.15) is 0 Å². The van der Waals surface area contributed by atoms with Gasteiger partial charge >= 0.3 is 5.97 Å². The Kier molecular flexibility index (Phi) is 3.01. The van der Waals surface area contributed by atoms with Crippen LogP contribution in [0.3, 0.4) is 0 Å². The van der Waals surface area contributed by atoms with Crippen LogP contribution in [0.4, 0.5) is 0 Å². The number of aryl methyl sites for hydroxylation is 1. The van der Waals surface area contributed by atoms with Crippen LogP contribution >= 0.6 is 0 Å². The van der Waals surface area contributed by atoms with Crippen molar-refractivity contribution in [3.8, 4) is 0 Å². The first kappa shape index (κ1) is 10.4. The van der Waals surface area contributed by atoms with Crippen molar-refractivity contribution in [1.82, 2.24) is 9.78 Å². The molecule has 0 amide bonds. The zero-order chi connectivity index (χ0) is 10.7. The van der Waals surface area contributed by atoms with Crippen LogP contribution in [0.1, 0.15) is 25.1 Å².